The molecule has 1 aliphatic heterocycles. The molecule has 0 bridgehead atoms. The number of rotatable bonds is 2. The molecule has 1 saturated heterocycles. The number of carbonyl (C=O) groups is 2. The minimum Gasteiger partial charge on any atom is -0.481 e. The summed E-state index contributed by atoms with van der Waals surface area (Å²) in [6.07, 6.45) is 3.08. The zero-order chi connectivity index (χ0) is 13.9. The first-order chi connectivity index (χ1) is 8.21. The van der Waals surface area contributed by atoms with E-state index in [1.54, 1.807) is 11.0 Å². The molecule has 1 heterocycles. The maximum absolute atomic E-state index is 12.1. The summed E-state index contributed by atoms with van der Waals surface area (Å²) in [5.41, 5.74) is 0.988. The number of aliphatic carboxylic acids is 1. The first-order valence-electron chi connectivity index (χ1n) is 6.42. The molecule has 0 aromatic carbocycles. The highest BCUT2D eigenvalue weighted by Crippen LogP contribution is 2.25. The van der Waals surface area contributed by atoms with Gasteiger partial charge in [-0.1, -0.05) is 26.3 Å². The predicted octanol–water partition coefficient (Wildman–Crippen LogP) is 2.30. The summed E-state index contributed by atoms with van der Waals surface area (Å²) in [6.45, 7) is 9.11. The Morgan fingerprint density at radius 2 is 1.94 bits per heavy atom. The van der Waals surface area contributed by atoms with Crippen molar-refractivity contribution in [2.75, 3.05) is 13.1 Å². The van der Waals surface area contributed by atoms with E-state index < -0.39 is 11.9 Å². The molecule has 102 valence electrons. The molecule has 1 amide bonds. The van der Waals surface area contributed by atoms with Crippen LogP contribution in [0.15, 0.2) is 11.6 Å². The van der Waals surface area contributed by atoms with Gasteiger partial charge in [0.2, 0.25) is 5.91 Å². The molecule has 0 aliphatic carbocycles. The standard InChI is InChI=1S/C14H23NO3/c1-10(14(2,3)4)8-12(16)15-7-5-6-11(9-15)13(17)18/h8,11H,5-7,9H2,1-4H3,(H,17,18). The van der Waals surface area contributed by atoms with Crippen LogP contribution < -0.4 is 0 Å². The van der Waals surface area contributed by atoms with E-state index in [1.165, 1.54) is 0 Å². The Kier molecular flexibility index (Phi) is 4.54. The molecular formula is C14H23NO3. The fraction of sp³-hybridized carbons (Fsp3) is 0.714. The molecule has 0 spiro atoms. The number of nitrogens with zero attached hydrogens (tertiary/aromatic N) is 1. The molecule has 1 atom stereocenters. The van der Waals surface area contributed by atoms with Crippen LogP contribution in [0.4, 0.5) is 0 Å². The third-order valence-electron chi connectivity index (χ3n) is 3.61. The average Bonchev–Trinajstić information content (AvgIpc) is 2.27. The van der Waals surface area contributed by atoms with Crippen molar-refractivity contribution in [3.05, 3.63) is 11.6 Å². The van der Waals surface area contributed by atoms with Gasteiger partial charge in [-0.2, -0.15) is 0 Å². The lowest BCUT2D eigenvalue weighted by molar-refractivity contribution is -0.144. The van der Waals surface area contributed by atoms with E-state index in [0.29, 0.717) is 19.5 Å². The molecule has 1 unspecified atom stereocenters. The normalized spacial score (nSPS) is 21.9. The van der Waals surface area contributed by atoms with Gasteiger partial charge in [-0.15, -0.1) is 0 Å². The molecule has 18 heavy (non-hydrogen) atoms. The Morgan fingerprint density at radius 1 is 1.33 bits per heavy atom. The van der Waals surface area contributed by atoms with E-state index in [2.05, 4.69) is 20.8 Å². The van der Waals surface area contributed by atoms with E-state index in [1.807, 2.05) is 6.92 Å². The maximum atomic E-state index is 12.1. The first-order valence-corrected chi connectivity index (χ1v) is 6.42. The topological polar surface area (TPSA) is 57.6 Å². The number of hydrogen-bond donors (Lipinski definition) is 1. The number of hydrogen-bond acceptors (Lipinski definition) is 2. The van der Waals surface area contributed by atoms with Gasteiger partial charge >= 0.3 is 5.97 Å². The van der Waals surface area contributed by atoms with Crippen molar-refractivity contribution >= 4 is 11.9 Å². The molecule has 1 rings (SSSR count). The zero-order valence-corrected chi connectivity index (χ0v) is 11.7. The van der Waals surface area contributed by atoms with Gasteiger partial charge < -0.3 is 10.0 Å². The summed E-state index contributed by atoms with van der Waals surface area (Å²) in [5, 5.41) is 9.00. The molecule has 4 heteroatoms. The van der Waals surface area contributed by atoms with Crippen molar-refractivity contribution in [1.82, 2.24) is 4.90 Å². The Labute approximate surface area is 109 Å². The highest BCUT2D eigenvalue weighted by atomic mass is 16.4. The Hall–Kier alpha value is -1.32. The molecule has 0 aromatic heterocycles. The SMILES string of the molecule is CC(=CC(=O)N1CCCC(C(=O)O)C1)C(C)(C)C. The largest absolute Gasteiger partial charge is 0.481 e. The van der Waals surface area contributed by atoms with Gasteiger partial charge in [-0.05, 0) is 25.2 Å². The second-order valence-electron chi connectivity index (χ2n) is 6.04. The third-order valence-corrected chi connectivity index (χ3v) is 3.61. The van der Waals surface area contributed by atoms with Crippen LogP contribution in [0.3, 0.4) is 0 Å². The Balaban J connectivity index is 2.70. The average molecular weight is 253 g/mol. The van der Waals surface area contributed by atoms with Crippen LogP contribution in [-0.2, 0) is 9.59 Å². The number of amides is 1. The van der Waals surface area contributed by atoms with Crippen LogP contribution in [0.5, 0.6) is 0 Å². The van der Waals surface area contributed by atoms with E-state index in [9.17, 15) is 9.59 Å². The lowest BCUT2D eigenvalue weighted by Crippen LogP contribution is -2.41. The van der Waals surface area contributed by atoms with Crippen molar-refractivity contribution in [1.29, 1.82) is 0 Å². The molecule has 0 radical (unpaired) electrons. The third kappa shape index (κ3) is 3.86. The second kappa shape index (κ2) is 5.55. The fourth-order valence-corrected chi connectivity index (χ4v) is 1.87. The van der Waals surface area contributed by atoms with Crippen LogP contribution >= 0.6 is 0 Å². The monoisotopic (exact) mass is 253 g/mol. The highest BCUT2D eigenvalue weighted by Gasteiger charge is 2.27. The van der Waals surface area contributed by atoms with Crippen molar-refractivity contribution in [3.8, 4) is 0 Å². The highest BCUT2D eigenvalue weighted by molar-refractivity contribution is 5.89. The van der Waals surface area contributed by atoms with Crippen LogP contribution in [0, 0.1) is 11.3 Å². The second-order valence-corrected chi connectivity index (χ2v) is 6.04. The van der Waals surface area contributed by atoms with Crippen molar-refractivity contribution < 1.29 is 14.7 Å². The fourth-order valence-electron chi connectivity index (χ4n) is 1.87. The van der Waals surface area contributed by atoms with Crippen molar-refractivity contribution in [3.63, 3.8) is 0 Å². The van der Waals surface area contributed by atoms with Gasteiger partial charge in [-0.3, -0.25) is 9.59 Å². The van der Waals surface area contributed by atoms with Gasteiger partial charge in [0.05, 0.1) is 5.92 Å². The van der Waals surface area contributed by atoms with Gasteiger partial charge in [0.25, 0.3) is 0 Å². The Bertz CT molecular complexity index is 366. The quantitative estimate of drug-likeness (QED) is 0.768. The molecule has 0 aromatic rings. The summed E-state index contributed by atoms with van der Waals surface area (Å²) in [6, 6.07) is 0. The van der Waals surface area contributed by atoms with Crippen LogP contribution in [-0.4, -0.2) is 35.0 Å². The van der Waals surface area contributed by atoms with Crippen LogP contribution in [0.2, 0.25) is 0 Å². The predicted molar refractivity (Wildman–Crippen MR) is 70.2 cm³/mol. The summed E-state index contributed by atoms with van der Waals surface area (Å²) in [7, 11) is 0. The molecular weight excluding hydrogens is 230 g/mol. The van der Waals surface area contributed by atoms with Crippen molar-refractivity contribution in [2.24, 2.45) is 11.3 Å². The maximum Gasteiger partial charge on any atom is 0.308 e. The first kappa shape index (κ1) is 14.7. The van der Waals surface area contributed by atoms with Gasteiger partial charge in [-0.25, -0.2) is 0 Å². The minimum atomic E-state index is -0.802. The van der Waals surface area contributed by atoms with E-state index >= 15 is 0 Å². The number of carboxylic acid groups (broad SMARTS) is 1. The van der Waals surface area contributed by atoms with Gasteiger partial charge in [0.15, 0.2) is 0 Å². The summed E-state index contributed by atoms with van der Waals surface area (Å²) < 4.78 is 0. The molecule has 0 saturated carbocycles. The number of allylic oxidation sites excluding steroid dienone is 1. The molecule has 4 nitrogen and oxygen atoms in total. The summed E-state index contributed by atoms with van der Waals surface area (Å²) >= 11 is 0. The zero-order valence-electron chi connectivity index (χ0n) is 11.7. The lowest BCUT2D eigenvalue weighted by atomic mass is 9.87. The van der Waals surface area contributed by atoms with E-state index in [0.717, 1.165) is 12.0 Å². The lowest BCUT2D eigenvalue weighted by Gasteiger charge is -2.30. The van der Waals surface area contributed by atoms with Gasteiger partial charge in [0.1, 0.15) is 0 Å². The minimum absolute atomic E-state index is 0.0301. The van der Waals surface area contributed by atoms with E-state index in [4.69, 9.17) is 5.11 Å². The van der Waals surface area contributed by atoms with Crippen LogP contribution in [0.25, 0.3) is 0 Å². The summed E-state index contributed by atoms with van der Waals surface area (Å²) in [5.74, 6) is -1.27. The van der Waals surface area contributed by atoms with Gasteiger partial charge in [0, 0.05) is 19.2 Å². The molecule has 1 aliphatic rings. The number of piperidine rings is 1. The van der Waals surface area contributed by atoms with Crippen molar-refractivity contribution in [2.45, 2.75) is 40.5 Å². The molecule has 1 fully saturated rings. The number of carbonyl (C=O) groups excluding carboxylic acids is 1. The van der Waals surface area contributed by atoms with Crippen LogP contribution in [0.1, 0.15) is 40.5 Å². The number of likely N-dealkylation sites (tertiary alicyclic amines) is 1. The number of carboxylic acids is 1. The van der Waals surface area contributed by atoms with E-state index in [-0.39, 0.29) is 11.3 Å². The summed E-state index contributed by atoms with van der Waals surface area (Å²) in [4.78, 5) is 24.7. The Morgan fingerprint density at radius 3 is 2.44 bits per heavy atom. The smallest absolute Gasteiger partial charge is 0.308 e. The molecule has 1 N–H and O–H groups in total.